The lowest BCUT2D eigenvalue weighted by atomic mass is 10.1. The fourth-order valence-electron chi connectivity index (χ4n) is 4.03. The molecule has 4 heterocycles. The van der Waals surface area contributed by atoms with E-state index in [9.17, 15) is 4.79 Å². The Morgan fingerprint density at radius 1 is 0.778 bits per heavy atom. The van der Waals surface area contributed by atoms with Crippen LogP contribution in [-0.2, 0) is 34.1 Å². The predicted molar refractivity (Wildman–Crippen MR) is 146 cm³/mol. The maximum absolute atomic E-state index is 13.2. The van der Waals surface area contributed by atoms with E-state index in [1.807, 2.05) is 37.3 Å². The van der Waals surface area contributed by atoms with Gasteiger partial charge in [0.1, 0.15) is 57.0 Å². The number of rotatable bonds is 5. The van der Waals surface area contributed by atoms with Gasteiger partial charge in [0.25, 0.3) is 0 Å². The van der Waals surface area contributed by atoms with E-state index in [0.29, 0.717) is 22.4 Å². The van der Waals surface area contributed by atoms with E-state index in [0.717, 1.165) is 67.2 Å². The maximum atomic E-state index is 13.2. The van der Waals surface area contributed by atoms with Gasteiger partial charge < -0.3 is 4.74 Å². The van der Waals surface area contributed by atoms with Crippen LogP contribution in [0.2, 0.25) is 0 Å². The highest BCUT2D eigenvalue weighted by molar-refractivity contribution is 7.60. The van der Waals surface area contributed by atoms with Crippen molar-refractivity contribution >= 4 is 116 Å². The largest absolute Gasteiger partial charge is 0.457 e. The second kappa shape index (κ2) is 8.75. The second-order valence-corrected chi connectivity index (χ2v) is 11.1. The quantitative estimate of drug-likeness (QED) is 0.202. The molecule has 1 unspecified atom stereocenters. The van der Waals surface area contributed by atoms with Crippen molar-refractivity contribution in [2.24, 2.45) is 17.5 Å². The number of carbonyl (C=O) groups excluding carboxylic acids is 1. The van der Waals surface area contributed by atoms with Crippen LogP contribution in [0.1, 0.15) is 21.5 Å². The summed E-state index contributed by atoms with van der Waals surface area (Å²) in [6.07, 6.45) is 0. The first-order valence-electron chi connectivity index (χ1n) is 10.5. The summed E-state index contributed by atoms with van der Waals surface area (Å²) in [5.74, 6) is -0.503. The lowest BCUT2D eigenvalue weighted by Gasteiger charge is -2.13. The van der Waals surface area contributed by atoms with Crippen molar-refractivity contribution in [1.82, 2.24) is 17.5 Å². The standard InChI is InChI=1S/C21H11N8O2PS4/c1-8-11-15(26-33-22-11)19(16-12(8)23-34-27-16)32-20-17-13(24-35-28-17)10(14-18(20)29-36-25-14)21(30)31-7-9-5-3-2-4-6-9/h2-6,32H,7H2,1H3. The van der Waals surface area contributed by atoms with Gasteiger partial charge in [-0.1, -0.05) is 30.3 Å². The van der Waals surface area contributed by atoms with Gasteiger partial charge in [0.15, 0.2) is 0 Å². The smallest absolute Gasteiger partial charge is 0.343 e. The van der Waals surface area contributed by atoms with E-state index in [4.69, 9.17) is 4.74 Å². The van der Waals surface area contributed by atoms with Crippen molar-refractivity contribution in [2.75, 3.05) is 0 Å². The van der Waals surface area contributed by atoms with Crippen LogP contribution in [0, 0.1) is 6.92 Å². The molecule has 3 aromatic carbocycles. The third kappa shape index (κ3) is 3.40. The molecule has 0 radical (unpaired) electrons. The summed E-state index contributed by atoms with van der Waals surface area (Å²) < 4.78 is 41.8. The van der Waals surface area contributed by atoms with Crippen LogP contribution in [0.3, 0.4) is 0 Å². The zero-order valence-corrected chi connectivity index (χ0v) is 22.4. The molecule has 0 saturated carbocycles. The van der Waals surface area contributed by atoms with Crippen molar-refractivity contribution in [1.29, 1.82) is 0 Å². The van der Waals surface area contributed by atoms with E-state index in [1.165, 1.54) is 23.1 Å². The zero-order valence-electron chi connectivity index (χ0n) is 18.1. The molecule has 0 aliphatic carbocycles. The average Bonchev–Trinajstić information content (AvgIpc) is 3.71. The summed E-state index contributed by atoms with van der Waals surface area (Å²) in [6, 6.07) is 9.53. The Bertz CT molecular complexity index is 1890. The molecular formula is C21H11N8O2PS4. The van der Waals surface area contributed by atoms with Crippen LogP contribution in [0.25, 0.3) is 22.1 Å². The molecule has 2 aliphatic rings. The zero-order chi connectivity index (χ0) is 24.2. The molecular weight excluding hydrogens is 556 g/mol. The number of aromatic nitrogens is 4. The van der Waals surface area contributed by atoms with E-state index in [1.54, 1.807) is 0 Å². The number of nitrogens with zero attached hydrogens (tertiary/aromatic N) is 8. The van der Waals surface area contributed by atoms with Gasteiger partial charge in [-0.05, 0) is 21.1 Å². The van der Waals surface area contributed by atoms with Crippen LogP contribution in [0.5, 0.6) is 0 Å². The van der Waals surface area contributed by atoms with Crippen LogP contribution in [-0.4, -0.2) is 23.5 Å². The van der Waals surface area contributed by atoms with E-state index < -0.39 is 5.97 Å². The molecule has 0 bridgehead atoms. The second-order valence-electron chi connectivity index (χ2n) is 7.78. The minimum absolute atomic E-state index is 0.0892. The number of ether oxygens (including phenoxy) is 1. The van der Waals surface area contributed by atoms with Gasteiger partial charge in [0, 0.05) is 16.2 Å². The molecule has 10 nitrogen and oxygen atoms in total. The van der Waals surface area contributed by atoms with E-state index in [2.05, 4.69) is 34.9 Å². The van der Waals surface area contributed by atoms with Gasteiger partial charge in [0.05, 0.1) is 46.2 Å². The number of fused-ring (bicyclic) bond motifs is 4. The van der Waals surface area contributed by atoms with Gasteiger partial charge >= 0.3 is 5.97 Å². The van der Waals surface area contributed by atoms with Crippen molar-refractivity contribution < 1.29 is 9.53 Å². The minimum Gasteiger partial charge on any atom is -0.457 e. The van der Waals surface area contributed by atoms with Crippen LogP contribution >= 0.6 is 32.0 Å². The Labute approximate surface area is 220 Å². The number of hydrogen-bond acceptors (Lipinski definition) is 12. The maximum Gasteiger partial charge on any atom is 0.343 e. The lowest BCUT2D eigenvalue weighted by molar-refractivity contribution is 0.0476. The third-order valence-electron chi connectivity index (χ3n) is 5.75. The van der Waals surface area contributed by atoms with Crippen LogP contribution in [0.15, 0.2) is 47.8 Å². The Morgan fingerprint density at radius 3 is 2.11 bits per heavy atom. The Morgan fingerprint density at radius 2 is 1.36 bits per heavy atom. The molecule has 0 saturated heterocycles. The highest BCUT2D eigenvalue weighted by Crippen LogP contribution is 2.45. The summed E-state index contributed by atoms with van der Waals surface area (Å²) in [5.41, 5.74) is 7.55. The third-order valence-corrected chi connectivity index (χ3v) is 9.31. The fraction of sp³-hybridized carbons (Fsp3) is 0.0952. The number of hydrogen-bond donors (Lipinski definition) is 0. The van der Waals surface area contributed by atoms with Crippen molar-refractivity contribution in [3.63, 3.8) is 0 Å². The van der Waals surface area contributed by atoms with E-state index in [-0.39, 0.29) is 20.8 Å². The molecule has 0 fully saturated rings. The molecule has 7 rings (SSSR count). The summed E-state index contributed by atoms with van der Waals surface area (Å²) in [6.45, 7) is 2.13. The molecule has 5 aromatic rings. The Hall–Kier alpha value is -3.16. The highest BCUT2D eigenvalue weighted by Gasteiger charge is 2.31. The first-order valence-corrected chi connectivity index (χ1v) is 14.4. The number of esters is 1. The monoisotopic (exact) mass is 566 g/mol. The van der Waals surface area contributed by atoms with Gasteiger partial charge in [-0.3, -0.25) is 0 Å². The minimum atomic E-state index is -0.503. The van der Waals surface area contributed by atoms with Gasteiger partial charge in [-0.2, -0.15) is 34.9 Å². The predicted octanol–water partition coefficient (Wildman–Crippen LogP) is 5.44. The van der Waals surface area contributed by atoms with Gasteiger partial charge in [-0.15, -0.1) is 0 Å². The number of benzene rings is 3. The highest BCUT2D eigenvalue weighted by atomic mass is 32.1. The average molecular weight is 567 g/mol. The molecule has 36 heavy (non-hydrogen) atoms. The molecule has 176 valence electrons. The molecule has 0 amide bonds. The molecule has 2 aliphatic heterocycles. The summed E-state index contributed by atoms with van der Waals surface area (Å²) >= 11 is 4.42. The first-order chi connectivity index (χ1) is 17.7. The fourth-order valence-corrected chi connectivity index (χ4v) is 8.10. The van der Waals surface area contributed by atoms with Crippen molar-refractivity contribution in [3.05, 3.63) is 47.0 Å². The van der Waals surface area contributed by atoms with Gasteiger partial charge in [0.2, 0.25) is 0 Å². The molecule has 2 aromatic heterocycles. The molecule has 1 atom stereocenters. The molecule has 0 spiro atoms. The first kappa shape index (κ1) is 22.1. The number of aryl methyl sites for hydroxylation is 1. The van der Waals surface area contributed by atoms with E-state index >= 15 is 0 Å². The summed E-state index contributed by atoms with van der Waals surface area (Å²) in [5, 5.41) is 1.77. The Balaban J connectivity index is 1.36. The summed E-state index contributed by atoms with van der Waals surface area (Å²) in [4.78, 5) is 13.2. The summed E-state index contributed by atoms with van der Waals surface area (Å²) in [7, 11) is 0.0892. The topological polar surface area (TPSA) is 127 Å². The normalized spacial score (nSPS) is 13.5. The molecule has 0 N–H and O–H groups in total. The van der Waals surface area contributed by atoms with Gasteiger partial charge in [-0.25, -0.2) is 4.79 Å². The van der Waals surface area contributed by atoms with Crippen LogP contribution < -0.4 is 10.6 Å². The Kier molecular flexibility index (Phi) is 5.36. The SMILES string of the molecule is Cc1c2c(c(Pc3c4c(c(C(=O)OCc5ccccc5)c5nsnc35)N=S=N4)c3nsnc13)N=S=N2. The van der Waals surface area contributed by atoms with Crippen molar-refractivity contribution in [2.45, 2.75) is 13.5 Å². The number of carbonyl (C=O) groups is 1. The lowest BCUT2D eigenvalue weighted by Crippen LogP contribution is -2.12. The molecule has 15 heteroatoms. The van der Waals surface area contributed by atoms with Crippen LogP contribution in [0.4, 0.5) is 22.7 Å². The van der Waals surface area contributed by atoms with Crippen molar-refractivity contribution in [3.8, 4) is 0 Å².